The summed E-state index contributed by atoms with van der Waals surface area (Å²) >= 11 is 0. The van der Waals surface area contributed by atoms with Crippen molar-refractivity contribution in [3.63, 3.8) is 0 Å². The molecule has 1 saturated heterocycles. The van der Waals surface area contributed by atoms with Gasteiger partial charge in [0.15, 0.2) is 0 Å². The third-order valence-corrected chi connectivity index (χ3v) is 6.65. The van der Waals surface area contributed by atoms with Gasteiger partial charge in [-0.15, -0.1) is 0 Å². The van der Waals surface area contributed by atoms with Gasteiger partial charge in [-0.1, -0.05) is 18.6 Å². The SMILES string of the molecule is O=S(=O)(C1CC1)N1CCCC[C@@H](c2ccc(F)cc2)C1. The number of hydrogen-bond donors (Lipinski definition) is 0. The predicted molar refractivity (Wildman–Crippen MR) is 76.5 cm³/mol. The van der Waals surface area contributed by atoms with Gasteiger partial charge in [0.2, 0.25) is 10.0 Å². The minimum Gasteiger partial charge on any atom is -0.212 e. The van der Waals surface area contributed by atoms with Crippen molar-refractivity contribution in [1.29, 1.82) is 0 Å². The van der Waals surface area contributed by atoms with Crippen LogP contribution in [0.15, 0.2) is 24.3 Å². The number of sulfonamides is 1. The highest BCUT2D eigenvalue weighted by Crippen LogP contribution is 2.34. The zero-order chi connectivity index (χ0) is 14.2. The standard InChI is InChI=1S/C15H20FNO2S/c16-14-6-4-12(5-7-14)13-3-1-2-10-17(11-13)20(18,19)15-8-9-15/h4-7,13,15H,1-3,8-11H2/t13-/m1/s1. The first kappa shape index (κ1) is 14.0. The Morgan fingerprint density at radius 3 is 2.40 bits per heavy atom. The molecule has 1 saturated carbocycles. The molecule has 1 aromatic carbocycles. The minimum absolute atomic E-state index is 0.144. The van der Waals surface area contributed by atoms with E-state index in [1.807, 2.05) is 0 Å². The number of nitrogens with zero attached hydrogens (tertiary/aromatic N) is 1. The van der Waals surface area contributed by atoms with Gasteiger partial charge in [-0.3, -0.25) is 0 Å². The Bertz CT molecular complexity index is 566. The molecule has 2 aliphatic rings. The van der Waals surface area contributed by atoms with E-state index >= 15 is 0 Å². The summed E-state index contributed by atoms with van der Waals surface area (Å²) in [5.41, 5.74) is 1.05. The number of benzene rings is 1. The lowest BCUT2D eigenvalue weighted by Gasteiger charge is -2.24. The molecular weight excluding hydrogens is 277 g/mol. The minimum atomic E-state index is -3.10. The molecule has 3 nitrogen and oxygen atoms in total. The number of hydrogen-bond acceptors (Lipinski definition) is 2. The molecular formula is C15H20FNO2S. The van der Waals surface area contributed by atoms with E-state index in [-0.39, 0.29) is 17.0 Å². The topological polar surface area (TPSA) is 37.4 Å². The first-order valence-corrected chi connectivity index (χ1v) is 8.82. The summed E-state index contributed by atoms with van der Waals surface area (Å²) in [6.07, 6.45) is 4.53. The molecule has 1 aliphatic heterocycles. The molecule has 0 bridgehead atoms. The molecule has 1 atom stereocenters. The second kappa shape index (κ2) is 5.45. The highest BCUT2D eigenvalue weighted by atomic mass is 32.2. The van der Waals surface area contributed by atoms with Crippen LogP contribution in [0.25, 0.3) is 0 Å². The lowest BCUT2D eigenvalue weighted by molar-refractivity contribution is 0.405. The zero-order valence-corrected chi connectivity index (χ0v) is 12.3. The second-order valence-electron chi connectivity index (χ2n) is 5.85. The van der Waals surface area contributed by atoms with E-state index in [1.54, 1.807) is 16.4 Å². The van der Waals surface area contributed by atoms with Crippen molar-refractivity contribution in [3.05, 3.63) is 35.6 Å². The maximum absolute atomic E-state index is 13.0. The highest BCUT2D eigenvalue weighted by molar-refractivity contribution is 7.90. The van der Waals surface area contributed by atoms with Crippen LogP contribution in [0.2, 0.25) is 0 Å². The van der Waals surface area contributed by atoms with Gasteiger partial charge in [0.1, 0.15) is 5.82 Å². The van der Waals surface area contributed by atoms with Crippen molar-refractivity contribution < 1.29 is 12.8 Å². The normalized spacial score (nSPS) is 25.4. The fourth-order valence-corrected chi connectivity index (χ4v) is 4.85. The van der Waals surface area contributed by atoms with Gasteiger partial charge in [0, 0.05) is 13.1 Å². The Labute approximate surface area is 119 Å². The first-order chi connectivity index (χ1) is 9.57. The Kier molecular flexibility index (Phi) is 3.82. The summed E-state index contributed by atoms with van der Waals surface area (Å²) in [7, 11) is -3.10. The average molecular weight is 297 g/mol. The third kappa shape index (κ3) is 2.88. The molecule has 0 radical (unpaired) electrons. The van der Waals surface area contributed by atoms with E-state index in [4.69, 9.17) is 0 Å². The predicted octanol–water partition coefficient (Wildman–Crippen LogP) is 2.89. The van der Waals surface area contributed by atoms with Gasteiger partial charge >= 0.3 is 0 Å². The highest BCUT2D eigenvalue weighted by Gasteiger charge is 2.41. The summed E-state index contributed by atoms with van der Waals surface area (Å²) < 4.78 is 39.5. The number of halogens is 1. The smallest absolute Gasteiger partial charge is 0.212 e. The van der Waals surface area contributed by atoms with Crippen LogP contribution < -0.4 is 0 Å². The number of rotatable bonds is 3. The summed E-state index contributed by atoms with van der Waals surface area (Å²) in [5, 5.41) is -0.144. The molecule has 20 heavy (non-hydrogen) atoms. The maximum Gasteiger partial charge on any atom is 0.217 e. The molecule has 110 valence electrons. The van der Waals surface area contributed by atoms with Crippen LogP contribution in [0.3, 0.4) is 0 Å². The molecule has 0 aromatic heterocycles. The lowest BCUT2D eigenvalue weighted by Crippen LogP contribution is -2.36. The van der Waals surface area contributed by atoms with Crippen LogP contribution in [0.1, 0.15) is 43.6 Å². The molecule has 5 heteroatoms. The fraction of sp³-hybridized carbons (Fsp3) is 0.600. The third-order valence-electron chi connectivity index (χ3n) is 4.28. The molecule has 1 aromatic rings. The summed E-state index contributed by atoms with van der Waals surface area (Å²) in [6, 6.07) is 6.49. The molecule has 0 unspecified atom stereocenters. The van der Waals surface area contributed by atoms with Gasteiger partial charge in [0.05, 0.1) is 5.25 Å². The van der Waals surface area contributed by atoms with Crippen LogP contribution in [0.5, 0.6) is 0 Å². The van der Waals surface area contributed by atoms with Crippen LogP contribution in [-0.2, 0) is 10.0 Å². The zero-order valence-electron chi connectivity index (χ0n) is 11.5. The Morgan fingerprint density at radius 1 is 1.05 bits per heavy atom. The summed E-state index contributed by atoms with van der Waals surface area (Å²) in [6.45, 7) is 1.18. The van der Waals surface area contributed by atoms with Crippen LogP contribution in [0.4, 0.5) is 4.39 Å². The maximum atomic E-state index is 13.0. The van der Waals surface area contributed by atoms with Crippen LogP contribution in [-0.4, -0.2) is 31.1 Å². The molecule has 1 aliphatic carbocycles. The van der Waals surface area contributed by atoms with Gasteiger partial charge < -0.3 is 0 Å². The molecule has 3 rings (SSSR count). The van der Waals surface area contributed by atoms with E-state index in [0.29, 0.717) is 13.1 Å². The fourth-order valence-electron chi connectivity index (χ4n) is 2.92. The van der Waals surface area contributed by atoms with E-state index in [1.165, 1.54) is 12.1 Å². The molecule has 2 fully saturated rings. The van der Waals surface area contributed by atoms with Crippen molar-refractivity contribution in [2.24, 2.45) is 0 Å². The molecule has 0 N–H and O–H groups in total. The van der Waals surface area contributed by atoms with Crippen LogP contribution >= 0.6 is 0 Å². The Hall–Kier alpha value is -0.940. The van der Waals surface area contributed by atoms with Crippen molar-refractivity contribution in [1.82, 2.24) is 4.31 Å². The van der Waals surface area contributed by atoms with Crippen LogP contribution in [0, 0.1) is 5.82 Å². The van der Waals surface area contributed by atoms with E-state index in [2.05, 4.69) is 0 Å². The molecule has 1 heterocycles. The van der Waals surface area contributed by atoms with Crippen molar-refractivity contribution in [3.8, 4) is 0 Å². The first-order valence-electron chi connectivity index (χ1n) is 7.32. The summed E-state index contributed by atoms with van der Waals surface area (Å²) in [4.78, 5) is 0. The van der Waals surface area contributed by atoms with Crippen molar-refractivity contribution >= 4 is 10.0 Å². The molecule has 0 amide bonds. The van der Waals surface area contributed by atoms with E-state index < -0.39 is 10.0 Å². The summed E-state index contributed by atoms with van der Waals surface area (Å²) in [5.74, 6) is -0.0588. The Balaban J connectivity index is 1.80. The van der Waals surface area contributed by atoms with Gasteiger partial charge in [-0.05, 0) is 49.3 Å². The molecule has 0 spiro atoms. The largest absolute Gasteiger partial charge is 0.217 e. The average Bonchev–Trinajstić information content (AvgIpc) is 3.26. The van der Waals surface area contributed by atoms with Crippen molar-refractivity contribution in [2.75, 3.05) is 13.1 Å². The van der Waals surface area contributed by atoms with E-state index in [9.17, 15) is 12.8 Å². The Morgan fingerprint density at radius 2 is 1.75 bits per heavy atom. The van der Waals surface area contributed by atoms with Gasteiger partial charge in [-0.2, -0.15) is 0 Å². The van der Waals surface area contributed by atoms with Gasteiger partial charge in [0.25, 0.3) is 0 Å². The lowest BCUT2D eigenvalue weighted by atomic mass is 9.95. The van der Waals surface area contributed by atoms with Crippen molar-refractivity contribution in [2.45, 2.75) is 43.3 Å². The van der Waals surface area contributed by atoms with E-state index in [0.717, 1.165) is 37.7 Å². The second-order valence-corrected chi connectivity index (χ2v) is 8.06. The monoisotopic (exact) mass is 297 g/mol. The quantitative estimate of drug-likeness (QED) is 0.860. The van der Waals surface area contributed by atoms with Gasteiger partial charge in [-0.25, -0.2) is 17.1 Å².